The lowest BCUT2D eigenvalue weighted by Crippen LogP contribution is -2.29. The van der Waals surface area contributed by atoms with Crippen LogP contribution in [0, 0.1) is 11.8 Å². The first-order valence-electron chi connectivity index (χ1n) is 13.0. The largest absolute Gasteiger partial charge is 0.481 e. The van der Waals surface area contributed by atoms with Gasteiger partial charge in [0.25, 0.3) is 0 Å². The van der Waals surface area contributed by atoms with Crippen LogP contribution >= 0.6 is 0 Å². The molecule has 8 heteroatoms. The van der Waals surface area contributed by atoms with E-state index in [-0.39, 0.29) is 23.2 Å². The van der Waals surface area contributed by atoms with E-state index < -0.39 is 5.97 Å². The number of carboxylic acid groups (broad SMARTS) is 1. The molecule has 2 heterocycles. The van der Waals surface area contributed by atoms with Crippen molar-refractivity contribution in [1.82, 2.24) is 14.5 Å². The first-order valence-corrected chi connectivity index (χ1v) is 13.0. The van der Waals surface area contributed by atoms with Gasteiger partial charge in [0.05, 0.1) is 22.5 Å². The molecule has 1 fully saturated rings. The van der Waals surface area contributed by atoms with E-state index in [1.165, 1.54) is 5.56 Å². The molecule has 1 aliphatic carbocycles. The fraction of sp³-hybridized carbons (Fsp3) is 0.333. The van der Waals surface area contributed by atoms with Gasteiger partial charge in [0, 0.05) is 23.5 Å². The van der Waals surface area contributed by atoms with Crippen LogP contribution in [0.5, 0.6) is 0 Å². The number of hydrogen-bond acceptors (Lipinski definition) is 5. The lowest BCUT2D eigenvalue weighted by molar-refractivity contribution is -0.143. The highest BCUT2D eigenvalue weighted by Gasteiger charge is 2.29. The van der Waals surface area contributed by atoms with E-state index in [2.05, 4.69) is 47.8 Å². The molecule has 1 saturated carbocycles. The van der Waals surface area contributed by atoms with E-state index in [4.69, 9.17) is 10.7 Å². The number of carbonyl (C=O) groups excluding carboxylic acids is 1. The van der Waals surface area contributed by atoms with Crippen LogP contribution in [0.2, 0.25) is 0 Å². The third-order valence-electron chi connectivity index (χ3n) is 7.44. The SMILES string of the molecule is CC(C)(C)c1ccc2nc(-c3cccnc3N)n(-c3ccc(NC(=O)[C@H]4CC[C@H](C(=O)O)CC4)cc3)c2c1. The molecule has 4 N–H and O–H groups in total. The number of imidazole rings is 1. The predicted octanol–water partition coefficient (Wildman–Crippen LogP) is 5.80. The van der Waals surface area contributed by atoms with Crippen molar-refractivity contribution in [1.29, 1.82) is 0 Å². The molecule has 196 valence electrons. The van der Waals surface area contributed by atoms with Crippen LogP contribution in [0.1, 0.15) is 52.0 Å². The summed E-state index contributed by atoms with van der Waals surface area (Å²) in [7, 11) is 0. The Balaban J connectivity index is 1.48. The molecule has 0 atom stereocenters. The maximum absolute atomic E-state index is 12.8. The summed E-state index contributed by atoms with van der Waals surface area (Å²) < 4.78 is 2.08. The highest BCUT2D eigenvalue weighted by atomic mass is 16.4. The first-order chi connectivity index (χ1) is 18.1. The number of aromatic nitrogens is 3. The summed E-state index contributed by atoms with van der Waals surface area (Å²) in [6.07, 6.45) is 3.92. The Bertz CT molecular complexity index is 1490. The summed E-state index contributed by atoms with van der Waals surface area (Å²) in [5.74, 6) is -0.240. The van der Waals surface area contributed by atoms with Gasteiger partial charge in [0.2, 0.25) is 5.91 Å². The number of nitrogens with zero attached hydrogens (tertiary/aromatic N) is 3. The number of nitrogens with one attached hydrogen (secondary N) is 1. The molecule has 38 heavy (non-hydrogen) atoms. The van der Waals surface area contributed by atoms with Crippen LogP contribution in [-0.2, 0) is 15.0 Å². The van der Waals surface area contributed by atoms with Crippen molar-refractivity contribution in [2.45, 2.75) is 51.9 Å². The van der Waals surface area contributed by atoms with Crippen molar-refractivity contribution in [3.63, 3.8) is 0 Å². The normalized spacial score (nSPS) is 17.9. The molecule has 8 nitrogen and oxygen atoms in total. The summed E-state index contributed by atoms with van der Waals surface area (Å²) in [5, 5.41) is 12.2. The Labute approximate surface area is 221 Å². The van der Waals surface area contributed by atoms with Gasteiger partial charge in [-0.25, -0.2) is 9.97 Å². The molecule has 1 amide bonds. The molecule has 0 radical (unpaired) electrons. The van der Waals surface area contributed by atoms with Crippen molar-refractivity contribution in [3.05, 3.63) is 66.4 Å². The summed E-state index contributed by atoms with van der Waals surface area (Å²) in [5.41, 5.74) is 11.6. The minimum absolute atomic E-state index is 0.0332. The van der Waals surface area contributed by atoms with Crippen LogP contribution in [0.4, 0.5) is 11.5 Å². The van der Waals surface area contributed by atoms with Gasteiger partial charge in [-0.15, -0.1) is 0 Å². The standard InChI is InChI=1S/C30H33N5O3/c1-30(2,3)20-10-15-24-25(17-20)35(27(34-24)23-5-4-16-32-26(23)31)22-13-11-21(12-14-22)33-28(36)18-6-8-19(9-7-18)29(37)38/h4-5,10-19H,6-9H2,1-3H3,(H2,31,32)(H,33,36)(H,37,38)/t18-,19-. The van der Waals surface area contributed by atoms with Crippen molar-refractivity contribution in [3.8, 4) is 17.1 Å². The number of nitrogens with two attached hydrogens (primary N) is 1. The minimum Gasteiger partial charge on any atom is -0.481 e. The third kappa shape index (κ3) is 4.98. The second-order valence-corrected chi connectivity index (χ2v) is 11.1. The molecular formula is C30H33N5O3. The van der Waals surface area contributed by atoms with E-state index in [9.17, 15) is 14.7 Å². The summed E-state index contributed by atoms with van der Waals surface area (Å²) >= 11 is 0. The number of benzene rings is 2. The van der Waals surface area contributed by atoms with Crippen molar-refractivity contribution >= 4 is 34.4 Å². The Hall–Kier alpha value is -4.20. The van der Waals surface area contributed by atoms with Gasteiger partial charge in [0.15, 0.2) is 0 Å². The van der Waals surface area contributed by atoms with E-state index in [0.717, 1.165) is 22.3 Å². The number of fused-ring (bicyclic) bond motifs is 1. The number of anilines is 2. The Morgan fingerprint density at radius 2 is 1.68 bits per heavy atom. The summed E-state index contributed by atoms with van der Waals surface area (Å²) in [6, 6.07) is 17.8. The van der Waals surface area contributed by atoms with Crippen molar-refractivity contribution in [2.24, 2.45) is 11.8 Å². The van der Waals surface area contributed by atoms with Crippen LogP contribution < -0.4 is 11.1 Å². The van der Waals surface area contributed by atoms with Crippen LogP contribution in [0.25, 0.3) is 28.1 Å². The Morgan fingerprint density at radius 3 is 2.32 bits per heavy atom. The lowest BCUT2D eigenvalue weighted by atomic mass is 9.81. The molecule has 2 aromatic heterocycles. The zero-order valence-corrected chi connectivity index (χ0v) is 21.9. The molecule has 0 saturated heterocycles. The van der Waals surface area contributed by atoms with Crippen LogP contribution in [0.15, 0.2) is 60.8 Å². The number of carbonyl (C=O) groups is 2. The summed E-state index contributed by atoms with van der Waals surface area (Å²) in [4.78, 5) is 33.3. The lowest BCUT2D eigenvalue weighted by Gasteiger charge is -2.25. The van der Waals surface area contributed by atoms with Gasteiger partial charge < -0.3 is 16.2 Å². The van der Waals surface area contributed by atoms with E-state index >= 15 is 0 Å². The highest BCUT2D eigenvalue weighted by molar-refractivity contribution is 5.93. The summed E-state index contributed by atoms with van der Waals surface area (Å²) in [6.45, 7) is 6.54. The third-order valence-corrected chi connectivity index (χ3v) is 7.44. The number of carboxylic acids is 1. The smallest absolute Gasteiger partial charge is 0.306 e. The first kappa shape index (κ1) is 25.4. The average molecular weight is 512 g/mol. The second kappa shape index (κ2) is 9.93. The van der Waals surface area contributed by atoms with Gasteiger partial charge in [0.1, 0.15) is 11.6 Å². The zero-order valence-electron chi connectivity index (χ0n) is 21.9. The second-order valence-electron chi connectivity index (χ2n) is 11.1. The van der Waals surface area contributed by atoms with Gasteiger partial charge in [-0.3, -0.25) is 14.2 Å². The molecule has 4 aromatic rings. The Kier molecular flexibility index (Phi) is 6.65. The van der Waals surface area contributed by atoms with Crippen LogP contribution in [0.3, 0.4) is 0 Å². The maximum Gasteiger partial charge on any atom is 0.306 e. The van der Waals surface area contributed by atoms with Crippen molar-refractivity contribution < 1.29 is 14.7 Å². The number of hydrogen-bond donors (Lipinski definition) is 3. The number of aliphatic carboxylic acids is 1. The maximum atomic E-state index is 12.8. The molecule has 0 spiro atoms. The quantitative estimate of drug-likeness (QED) is 0.311. The molecule has 0 unspecified atom stereocenters. The van der Waals surface area contributed by atoms with Gasteiger partial charge in [-0.1, -0.05) is 26.8 Å². The average Bonchev–Trinajstić information content (AvgIpc) is 3.27. The number of nitrogen functional groups attached to an aromatic ring is 1. The van der Waals surface area contributed by atoms with E-state index in [1.54, 1.807) is 6.20 Å². The topological polar surface area (TPSA) is 123 Å². The fourth-order valence-electron chi connectivity index (χ4n) is 5.13. The number of rotatable bonds is 5. The number of pyridine rings is 1. The van der Waals surface area contributed by atoms with E-state index in [1.807, 2.05) is 42.5 Å². The molecule has 0 bridgehead atoms. The fourth-order valence-corrected chi connectivity index (χ4v) is 5.13. The predicted molar refractivity (Wildman–Crippen MR) is 149 cm³/mol. The molecule has 0 aliphatic heterocycles. The molecule has 5 rings (SSSR count). The van der Waals surface area contributed by atoms with Gasteiger partial charge >= 0.3 is 5.97 Å². The highest BCUT2D eigenvalue weighted by Crippen LogP contribution is 2.34. The Morgan fingerprint density at radius 1 is 1.00 bits per heavy atom. The minimum atomic E-state index is -0.770. The van der Waals surface area contributed by atoms with Crippen LogP contribution in [-0.4, -0.2) is 31.5 Å². The monoisotopic (exact) mass is 511 g/mol. The zero-order chi connectivity index (χ0) is 27.0. The molecule has 1 aliphatic rings. The van der Waals surface area contributed by atoms with Gasteiger partial charge in [-0.2, -0.15) is 0 Å². The number of amides is 1. The molecule has 2 aromatic carbocycles. The molecular weight excluding hydrogens is 478 g/mol. The van der Waals surface area contributed by atoms with E-state index in [0.29, 0.717) is 43.0 Å². The van der Waals surface area contributed by atoms with Crippen molar-refractivity contribution in [2.75, 3.05) is 11.1 Å². The van der Waals surface area contributed by atoms with Gasteiger partial charge in [-0.05, 0) is 85.2 Å².